The molecule has 1 N–H and O–H groups in total. The zero-order valence-electron chi connectivity index (χ0n) is 13.4. The fraction of sp³-hybridized carbons (Fsp3) is 0.294. The summed E-state index contributed by atoms with van der Waals surface area (Å²) in [7, 11) is 1.35. The molecule has 0 aliphatic rings. The number of halogens is 1. The molecular formula is C17H18BrNO3S2. The second kappa shape index (κ2) is 9.25. The number of rotatable bonds is 7. The molecule has 1 aromatic heterocycles. The van der Waals surface area contributed by atoms with Gasteiger partial charge in [-0.3, -0.25) is 9.59 Å². The molecule has 1 heterocycles. The van der Waals surface area contributed by atoms with E-state index in [1.807, 2.05) is 42.6 Å². The molecule has 128 valence electrons. The first-order valence-electron chi connectivity index (χ1n) is 7.28. The molecule has 0 fully saturated rings. The summed E-state index contributed by atoms with van der Waals surface area (Å²) in [4.78, 5) is 25.9. The Balaban J connectivity index is 1.96. The van der Waals surface area contributed by atoms with Gasteiger partial charge in [-0.15, -0.1) is 23.1 Å². The lowest BCUT2D eigenvalue weighted by molar-refractivity contribution is -0.141. The molecule has 1 amide bonds. The van der Waals surface area contributed by atoms with Crippen LogP contribution in [0.1, 0.15) is 22.9 Å². The highest BCUT2D eigenvalue weighted by Gasteiger charge is 2.20. The number of thiophene rings is 1. The Kier molecular flexibility index (Phi) is 7.33. The number of nitrogens with one attached hydrogen (secondary N) is 1. The topological polar surface area (TPSA) is 55.4 Å². The first-order chi connectivity index (χ1) is 11.5. The molecule has 2 aromatic rings. The fourth-order valence-corrected chi connectivity index (χ4v) is 4.19. The van der Waals surface area contributed by atoms with Crippen molar-refractivity contribution in [2.45, 2.75) is 24.3 Å². The van der Waals surface area contributed by atoms with E-state index >= 15 is 0 Å². The van der Waals surface area contributed by atoms with Gasteiger partial charge in [-0.25, -0.2) is 0 Å². The smallest absolute Gasteiger partial charge is 0.307 e. The van der Waals surface area contributed by atoms with Gasteiger partial charge in [-0.1, -0.05) is 22.0 Å². The van der Waals surface area contributed by atoms with Crippen molar-refractivity contribution in [1.82, 2.24) is 5.32 Å². The number of aryl methyl sites for hydroxylation is 1. The van der Waals surface area contributed by atoms with Gasteiger partial charge in [0.25, 0.3) is 0 Å². The van der Waals surface area contributed by atoms with Crippen LogP contribution in [0.3, 0.4) is 0 Å². The second-order valence-corrected chi connectivity index (χ2v) is 8.03. The van der Waals surface area contributed by atoms with Crippen LogP contribution in [0, 0.1) is 6.92 Å². The third-order valence-corrected chi connectivity index (χ3v) is 5.97. The lowest BCUT2D eigenvalue weighted by atomic mass is 10.1. The maximum Gasteiger partial charge on any atom is 0.307 e. The molecule has 7 heteroatoms. The first kappa shape index (κ1) is 19.0. The van der Waals surface area contributed by atoms with Crippen molar-refractivity contribution >= 4 is 50.9 Å². The molecule has 0 aliphatic heterocycles. The van der Waals surface area contributed by atoms with E-state index in [-0.39, 0.29) is 24.3 Å². The summed E-state index contributed by atoms with van der Waals surface area (Å²) in [5, 5.41) is 4.85. The number of esters is 1. The van der Waals surface area contributed by atoms with E-state index in [2.05, 4.69) is 21.2 Å². The van der Waals surface area contributed by atoms with Crippen LogP contribution in [-0.2, 0) is 14.3 Å². The van der Waals surface area contributed by atoms with E-state index in [1.165, 1.54) is 30.2 Å². The van der Waals surface area contributed by atoms with Crippen molar-refractivity contribution < 1.29 is 14.3 Å². The lowest BCUT2D eigenvalue weighted by Gasteiger charge is -2.16. The Morgan fingerprint density at radius 3 is 2.79 bits per heavy atom. The summed E-state index contributed by atoms with van der Waals surface area (Å²) >= 11 is 6.42. The molecule has 4 nitrogen and oxygen atoms in total. The van der Waals surface area contributed by atoms with Crippen LogP contribution >= 0.6 is 39.0 Å². The minimum atomic E-state index is -0.350. The van der Waals surface area contributed by atoms with Crippen LogP contribution in [0.25, 0.3) is 0 Å². The molecule has 24 heavy (non-hydrogen) atoms. The Hall–Kier alpha value is -1.31. The second-order valence-electron chi connectivity index (χ2n) is 5.11. The Morgan fingerprint density at radius 2 is 2.17 bits per heavy atom. The number of ether oxygens (including phenoxy) is 1. The minimum Gasteiger partial charge on any atom is -0.469 e. The summed E-state index contributed by atoms with van der Waals surface area (Å²) in [5.74, 6) is -0.152. The maximum atomic E-state index is 12.3. The van der Waals surface area contributed by atoms with Crippen molar-refractivity contribution in [3.8, 4) is 0 Å². The number of carbonyl (C=O) groups excluding carboxylic acids is 2. The van der Waals surface area contributed by atoms with Crippen LogP contribution in [0.2, 0.25) is 0 Å². The molecular weight excluding hydrogens is 410 g/mol. The van der Waals surface area contributed by atoms with Crippen molar-refractivity contribution in [3.63, 3.8) is 0 Å². The summed E-state index contributed by atoms with van der Waals surface area (Å²) in [6, 6.07) is 9.42. The van der Waals surface area contributed by atoms with Crippen molar-refractivity contribution in [3.05, 3.63) is 50.6 Å². The van der Waals surface area contributed by atoms with Gasteiger partial charge in [0.05, 0.1) is 25.3 Å². The minimum absolute atomic E-state index is 0.107. The number of carbonyl (C=O) groups is 2. The summed E-state index contributed by atoms with van der Waals surface area (Å²) in [6.07, 6.45) is 0.130. The lowest BCUT2D eigenvalue weighted by Crippen LogP contribution is -2.31. The largest absolute Gasteiger partial charge is 0.469 e. The van der Waals surface area contributed by atoms with Crippen LogP contribution < -0.4 is 5.32 Å². The molecule has 0 radical (unpaired) electrons. The van der Waals surface area contributed by atoms with Gasteiger partial charge in [-0.05, 0) is 42.1 Å². The van der Waals surface area contributed by atoms with Crippen LogP contribution in [-0.4, -0.2) is 24.7 Å². The van der Waals surface area contributed by atoms with Gasteiger partial charge in [0.2, 0.25) is 5.91 Å². The normalized spacial score (nSPS) is 11.8. The predicted molar refractivity (Wildman–Crippen MR) is 101 cm³/mol. The zero-order chi connectivity index (χ0) is 17.5. The summed E-state index contributed by atoms with van der Waals surface area (Å²) < 4.78 is 5.74. The van der Waals surface area contributed by atoms with E-state index in [0.29, 0.717) is 5.75 Å². The molecule has 1 aromatic carbocycles. The predicted octanol–water partition coefficient (Wildman–Crippen LogP) is 4.33. The van der Waals surface area contributed by atoms with Crippen LogP contribution in [0.4, 0.5) is 0 Å². The van der Waals surface area contributed by atoms with Gasteiger partial charge in [0, 0.05) is 14.2 Å². The van der Waals surface area contributed by atoms with Crippen LogP contribution in [0.15, 0.2) is 45.1 Å². The number of hydrogen-bond donors (Lipinski definition) is 1. The Labute approximate surface area is 158 Å². The van der Waals surface area contributed by atoms with E-state index < -0.39 is 0 Å². The Bertz CT molecular complexity index is 704. The van der Waals surface area contributed by atoms with E-state index in [4.69, 9.17) is 4.74 Å². The molecule has 0 bridgehead atoms. The molecule has 0 saturated heterocycles. The highest BCUT2D eigenvalue weighted by molar-refractivity contribution is 9.10. The standard InChI is InChI=1S/C17H18BrNO3S2/c1-11-8-12(18)5-6-14(11)24-10-16(20)19-13(9-17(21)22-2)15-4-3-7-23-15/h3-8,13H,9-10H2,1-2H3,(H,19,20)/t13-/m1/s1. The number of methoxy groups -OCH3 is 1. The molecule has 1 atom stereocenters. The number of hydrogen-bond acceptors (Lipinski definition) is 5. The van der Waals surface area contributed by atoms with E-state index in [1.54, 1.807) is 0 Å². The maximum absolute atomic E-state index is 12.3. The average Bonchev–Trinajstić information content (AvgIpc) is 3.07. The van der Waals surface area contributed by atoms with Gasteiger partial charge in [0.15, 0.2) is 0 Å². The van der Waals surface area contributed by atoms with Gasteiger partial charge < -0.3 is 10.1 Å². The monoisotopic (exact) mass is 427 g/mol. The third-order valence-electron chi connectivity index (χ3n) is 3.32. The first-order valence-corrected chi connectivity index (χ1v) is 9.94. The number of thioether (sulfide) groups is 1. The highest BCUT2D eigenvalue weighted by Crippen LogP contribution is 2.26. The van der Waals surface area contributed by atoms with Crippen molar-refractivity contribution in [2.75, 3.05) is 12.9 Å². The summed E-state index contributed by atoms with van der Waals surface area (Å²) in [6.45, 7) is 2.01. The fourth-order valence-electron chi connectivity index (χ4n) is 2.12. The van der Waals surface area contributed by atoms with Crippen LogP contribution in [0.5, 0.6) is 0 Å². The SMILES string of the molecule is COC(=O)C[C@@H](NC(=O)CSc1ccc(Br)cc1C)c1cccs1. The quantitative estimate of drug-likeness (QED) is 0.527. The van der Waals surface area contributed by atoms with Crippen molar-refractivity contribution in [2.24, 2.45) is 0 Å². The average molecular weight is 428 g/mol. The molecule has 2 rings (SSSR count). The third kappa shape index (κ3) is 5.65. The molecule has 0 spiro atoms. The van der Waals surface area contributed by atoms with E-state index in [0.717, 1.165) is 19.8 Å². The molecule has 0 unspecified atom stereocenters. The summed E-state index contributed by atoms with van der Waals surface area (Å²) in [5.41, 5.74) is 1.12. The zero-order valence-corrected chi connectivity index (χ0v) is 16.6. The molecule has 0 aliphatic carbocycles. The Morgan fingerprint density at radius 1 is 1.38 bits per heavy atom. The number of amides is 1. The van der Waals surface area contributed by atoms with Crippen molar-refractivity contribution in [1.29, 1.82) is 0 Å². The van der Waals surface area contributed by atoms with E-state index in [9.17, 15) is 9.59 Å². The van der Waals surface area contributed by atoms with Gasteiger partial charge in [-0.2, -0.15) is 0 Å². The molecule has 0 saturated carbocycles. The number of benzene rings is 1. The van der Waals surface area contributed by atoms with Gasteiger partial charge >= 0.3 is 5.97 Å². The van der Waals surface area contributed by atoms with Gasteiger partial charge in [0.1, 0.15) is 0 Å². The highest BCUT2D eigenvalue weighted by atomic mass is 79.9.